The standard InChI is InChI=1S/C9H17NO5S/c1-2-8-7-10(4-5-15-8)16(13,14)6-3-9(11)12/h8H,2-7H2,1H3,(H,11,12). The molecular weight excluding hydrogens is 234 g/mol. The summed E-state index contributed by atoms with van der Waals surface area (Å²) < 4.78 is 30.2. The first-order valence-corrected chi connectivity index (χ1v) is 6.88. The number of nitrogens with zero attached hydrogens (tertiary/aromatic N) is 1. The normalized spacial score (nSPS) is 23.2. The molecule has 94 valence electrons. The lowest BCUT2D eigenvalue weighted by Gasteiger charge is -2.31. The van der Waals surface area contributed by atoms with Crippen LogP contribution >= 0.6 is 0 Å². The Bertz CT molecular complexity index is 340. The van der Waals surface area contributed by atoms with Gasteiger partial charge < -0.3 is 9.84 Å². The number of hydrogen-bond acceptors (Lipinski definition) is 4. The third-order valence-corrected chi connectivity index (χ3v) is 4.36. The Labute approximate surface area is 95.2 Å². The van der Waals surface area contributed by atoms with E-state index < -0.39 is 16.0 Å². The predicted octanol–water partition coefficient (Wildman–Crippen LogP) is -0.0983. The second kappa shape index (κ2) is 5.60. The van der Waals surface area contributed by atoms with Crippen molar-refractivity contribution in [3.63, 3.8) is 0 Å². The molecule has 0 amide bonds. The molecule has 1 aliphatic heterocycles. The van der Waals surface area contributed by atoms with Crippen molar-refractivity contribution in [1.82, 2.24) is 4.31 Å². The summed E-state index contributed by atoms with van der Waals surface area (Å²) in [6, 6.07) is 0. The van der Waals surface area contributed by atoms with E-state index in [9.17, 15) is 13.2 Å². The summed E-state index contributed by atoms with van der Waals surface area (Å²) in [7, 11) is -3.45. The number of sulfonamides is 1. The number of rotatable bonds is 5. The van der Waals surface area contributed by atoms with Gasteiger partial charge in [-0.25, -0.2) is 8.42 Å². The third kappa shape index (κ3) is 3.73. The van der Waals surface area contributed by atoms with Gasteiger partial charge in [-0.3, -0.25) is 4.79 Å². The molecule has 1 fully saturated rings. The number of hydrogen-bond donors (Lipinski definition) is 1. The Hall–Kier alpha value is -0.660. The first-order chi connectivity index (χ1) is 7.45. The Morgan fingerprint density at radius 3 is 2.81 bits per heavy atom. The monoisotopic (exact) mass is 251 g/mol. The second-order valence-corrected chi connectivity index (χ2v) is 5.81. The lowest BCUT2D eigenvalue weighted by molar-refractivity contribution is -0.136. The van der Waals surface area contributed by atoms with E-state index in [0.717, 1.165) is 6.42 Å². The summed E-state index contributed by atoms with van der Waals surface area (Å²) in [5, 5.41) is 8.47. The third-order valence-electron chi connectivity index (χ3n) is 2.52. The fraction of sp³-hybridized carbons (Fsp3) is 0.889. The van der Waals surface area contributed by atoms with Crippen molar-refractivity contribution in [1.29, 1.82) is 0 Å². The fourth-order valence-corrected chi connectivity index (χ4v) is 2.97. The molecule has 0 radical (unpaired) electrons. The van der Waals surface area contributed by atoms with Crippen LogP contribution in [0.2, 0.25) is 0 Å². The van der Waals surface area contributed by atoms with E-state index in [-0.39, 0.29) is 18.3 Å². The molecular formula is C9H17NO5S. The molecule has 1 atom stereocenters. The van der Waals surface area contributed by atoms with Crippen LogP contribution in [-0.2, 0) is 19.6 Å². The van der Waals surface area contributed by atoms with Gasteiger partial charge in [-0.2, -0.15) is 4.31 Å². The summed E-state index contributed by atoms with van der Waals surface area (Å²) in [6.45, 7) is 2.96. The lowest BCUT2D eigenvalue weighted by Crippen LogP contribution is -2.46. The number of ether oxygens (including phenoxy) is 1. The van der Waals surface area contributed by atoms with Crippen LogP contribution in [0, 0.1) is 0 Å². The van der Waals surface area contributed by atoms with E-state index in [1.165, 1.54) is 4.31 Å². The van der Waals surface area contributed by atoms with Gasteiger partial charge in [0, 0.05) is 13.1 Å². The SMILES string of the molecule is CCC1CN(S(=O)(=O)CCC(=O)O)CCO1. The van der Waals surface area contributed by atoms with Gasteiger partial charge in [0.25, 0.3) is 0 Å². The molecule has 0 spiro atoms. The number of morpholine rings is 1. The van der Waals surface area contributed by atoms with E-state index in [2.05, 4.69) is 0 Å². The van der Waals surface area contributed by atoms with Crippen LogP contribution in [0.3, 0.4) is 0 Å². The van der Waals surface area contributed by atoms with E-state index in [1.54, 1.807) is 0 Å². The molecule has 0 bridgehead atoms. The summed E-state index contributed by atoms with van der Waals surface area (Å²) >= 11 is 0. The van der Waals surface area contributed by atoms with Gasteiger partial charge in [0.2, 0.25) is 10.0 Å². The van der Waals surface area contributed by atoms with Gasteiger partial charge in [0.15, 0.2) is 0 Å². The predicted molar refractivity (Wildman–Crippen MR) is 57.6 cm³/mol. The summed E-state index contributed by atoms with van der Waals surface area (Å²) in [5.74, 6) is -1.43. The fourth-order valence-electron chi connectivity index (χ4n) is 1.54. The zero-order valence-corrected chi connectivity index (χ0v) is 10.1. The maximum absolute atomic E-state index is 11.8. The molecule has 7 heteroatoms. The molecule has 1 unspecified atom stereocenters. The average molecular weight is 251 g/mol. The molecule has 1 saturated heterocycles. The molecule has 0 saturated carbocycles. The highest BCUT2D eigenvalue weighted by molar-refractivity contribution is 7.89. The molecule has 16 heavy (non-hydrogen) atoms. The average Bonchev–Trinajstić information content (AvgIpc) is 2.27. The van der Waals surface area contributed by atoms with E-state index in [0.29, 0.717) is 19.7 Å². The van der Waals surface area contributed by atoms with Crippen molar-refractivity contribution in [2.75, 3.05) is 25.4 Å². The van der Waals surface area contributed by atoms with Crippen LogP contribution in [-0.4, -0.2) is 55.4 Å². The van der Waals surface area contributed by atoms with Gasteiger partial charge in [0.1, 0.15) is 0 Å². The van der Waals surface area contributed by atoms with E-state index in [4.69, 9.17) is 9.84 Å². The van der Waals surface area contributed by atoms with Crippen molar-refractivity contribution in [3.05, 3.63) is 0 Å². The molecule has 0 aromatic heterocycles. The van der Waals surface area contributed by atoms with Crippen LogP contribution < -0.4 is 0 Å². The molecule has 6 nitrogen and oxygen atoms in total. The van der Waals surface area contributed by atoms with Crippen molar-refractivity contribution in [2.24, 2.45) is 0 Å². The topological polar surface area (TPSA) is 83.9 Å². The number of carbonyl (C=O) groups is 1. The molecule has 1 heterocycles. The highest BCUT2D eigenvalue weighted by Crippen LogP contribution is 2.13. The van der Waals surface area contributed by atoms with Crippen molar-refractivity contribution < 1.29 is 23.1 Å². The molecule has 0 aromatic rings. The van der Waals surface area contributed by atoms with E-state index >= 15 is 0 Å². The first kappa shape index (κ1) is 13.4. The van der Waals surface area contributed by atoms with Crippen molar-refractivity contribution >= 4 is 16.0 Å². The van der Waals surface area contributed by atoms with Crippen LogP contribution in [0.15, 0.2) is 0 Å². The maximum atomic E-state index is 11.8. The van der Waals surface area contributed by atoms with Gasteiger partial charge in [-0.15, -0.1) is 0 Å². The van der Waals surface area contributed by atoms with Gasteiger partial charge in [-0.1, -0.05) is 6.92 Å². The highest BCUT2D eigenvalue weighted by Gasteiger charge is 2.28. The van der Waals surface area contributed by atoms with Gasteiger partial charge >= 0.3 is 5.97 Å². The Balaban J connectivity index is 2.57. The Kier molecular flexibility index (Phi) is 4.69. The molecule has 0 aromatic carbocycles. The van der Waals surface area contributed by atoms with Crippen molar-refractivity contribution in [3.8, 4) is 0 Å². The number of aliphatic carboxylic acids is 1. The van der Waals surface area contributed by atoms with Crippen LogP contribution in [0.4, 0.5) is 0 Å². The highest BCUT2D eigenvalue weighted by atomic mass is 32.2. The molecule has 1 N–H and O–H groups in total. The Morgan fingerprint density at radius 2 is 2.25 bits per heavy atom. The van der Waals surface area contributed by atoms with Crippen LogP contribution in [0.5, 0.6) is 0 Å². The van der Waals surface area contributed by atoms with E-state index in [1.807, 2.05) is 6.92 Å². The summed E-state index contributed by atoms with van der Waals surface area (Å²) in [5.41, 5.74) is 0. The second-order valence-electron chi connectivity index (χ2n) is 3.72. The van der Waals surface area contributed by atoms with Crippen LogP contribution in [0.25, 0.3) is 0 Å². The smallest absolute Gasteiger partial charge is 0.304 e. The Morgan fingerprint density at radius 1 is 1.56 bits per heavy atom. The minimum absolute atomic E-state index is 0.0756. The molecule has 0 aliphatic carbocycles. The summed E-state index contributed by atoms with van der Waals surface area (Å²) in [6.07, 6.45) is 0.329. The minimum Gasteiger partial charge on any atom is -0.481 e. The van der Waals surface area contributed by atoms with Gasteiger partial charge in [-0.05, 0) is 6.42 Å². The maximum Gasteiger partial charge on any atom is 0.304 e. The zero-order chi connectivity index (χ0) is 12.2. The zero-order valence-electron chi connectivity index (χ0n) is 9.26. The van der Waals surface area contributed by atoms with Crippen molar-refractivity contribution in [2.45, 2.75) is 25.9 Å². The molecule has 1 rings (SSSR count). The first-order valence-electron chi connectivity index (χ1n) is 5.27. The lowest BCUT2D eigenvalue weighted by atomic mass is 10.2. The van der Waals surface area contributed by atoms with Gasteiger partial charge in [0.05, 0.1) is 24.9 Å². The number of carboxylic acid groups (broad SMARTS) is 1. The molecule has 1 aliphatic rings. The quantitative estimate of drug-likeness (QED) is 0.737. The number of carboxylic acids is 1. The largest absolute Gasteiger partial charge is 0.481 e. The summed E-state index contributed by atoms with van der Waals surface area (Å²) in [4.78, 5) is 10.3. The minimum atomic E-state index is -3.45. The van der Waals surface area contributed by atoms with Crippen LogP contribution in [0.1, 0.15) is 19.8 Å².